The first-order valence-electron chi connectivity index (χ1n) is 7.24. The Hall–Kier alpha value is -1.13. The van der Waals surface area contributed by atoms with E-state index in [1.54, 1.807) is 17.4 Å². The third-order valence-electron chi connectivity index (χ3n) is 4.19. The maximum atomic E-state index is 10.6. The largest absolute Gasteiger partial charge is 0.478 e. The molecule has 0 saturated heterocycles. The van der Waals surface area contributed by atoms with Gasteiger partial charge in [-0.3, -0.25) is 4.90 Å². The fraction of sp³-hybridized carbons (Fsp3) is 0.562. The number of carbonyl (C=O) groups is 1. The van der Waals surface area contributed by atoms with Crippen molar-refractivity contribution >= 4 is 23.4 Å². The molecule has 1 aromatic heterocycles. The van der Waals surface area contributed by atoms with Gasteiger partial charge in [-0.25, -0.2) is 4.79 Å². The van der Waals surface area contributed by atoms with Gasteiger partial charge in [-0.1, -0.05) is 6.92 Å². The molecule has 1 N–H and O–H groups in total. The van der Waals surface area contributed by atoms with Gasteiger partial charge in [0, 0.05) is 23.5 Å². The van der Waals surface area contributed by atoms with E-state index in [-0.39, 0.29) is 0 Å². The summed E-state index contributed by atoms with van der Waals surface area (Å²) >= 11 is 1.71. The fourth-order valence-electron chi connectivity index (χ4n) is 2.83. The summed E-state index contributed by atoms with van der Waals surface area (Å²) in [6, 6.07) is 2.67. The van der Waals surface area contributed by atoms with Crippen LogP contribution < -0.4 is 0 Å². The van der Waals surface area contributed by atoms with Gasteiger partial charge in [0.25, 0.3) is 0 Å². The van der Waals surface area contributed by atoms with Crippen molar-refractivity contribution in [3.05, 3.63) is 28.0 Å². The van der Waals surface area contributed by atoms with Crippen molar-refractivity contribution in [2.45, 2.75) is 45.2 Å². The molecular formula is C16H23NO2S. The molecule has 2 rings (SSSR count). The molecule has 0 amide bonds. The molecule has 1 saturated carbocycles. The third-order valence-corrected chi connectivity index (χ3v) is 5.11. The molecule has 3 nitrogen and oxygen atoms in total. The number of nitrogens with zero attached hydrogens (tertiary/aromatic N) is 1. The zero-order valence-electron chi connectivity index (χ0n) is 12.2. The van der Waals surface area contributed by atoms with Crippen LogP contribution >= 0.6 is 11.3 Å². The van der Waals surface area contributed by atoms with Gasteiger partial charge in [0.2, 0.25) is 0 Å². The summed E-state index contributed by atoms with van der Waals surface area (Å²) in [5, 5.41) is 10.8. The lowest BCUT2D eigenvalue weighted by molar-refractivity contribution is -0.131. The highest BCUT2D eigenvalue weighted by molar-refractivity contribution is 7.10. The molecule has 20 heavy (non-hydrogen) atoms. The summed E-state index contributed by atoms with van der Waals surface area (Å²) < 4.78 is 0. The highest BCUT2D eigenvalue weighted by Crippen LogP contribution is 2.28. The number of hydrogen-bond acceptors (Lipinski definition) is 3. The van der Waals surface area contributed by atoms with E-state index in [2.05, 4.69) is 18.9 Å². The van der Waals surface area contributed by atoms with Crippen molar-refractivity contribution in [3.63, 3.8) is 0 Å². The van der Waals surface area contributed by atoms with Gasteiger partial charge in [-0.05, 0) is 61.7 Å². The van der Waals surface area contributed by atoms with Gasteiger partial charge in [-0.15, -0.1) is 11.3 Å². The maximum absolute atomic E-state index is 10.6. The van der Waals surface area contributed by atoms with Crippen molar-refractivity contribution in [1.29, 1.82) is 0 Å². The van der Waals surface area contributed by atoms with E-state index in [1.165, 1.54) is 36.6 Å². The van der Waals surface area contributed by atoms with Crippen molar-refractivity contribution in [2.24, 2.45) is 5.92 Å². The Labute approximate surface area is 124 Å². The lowest BCUT2D eigenvalue weighted by Gasteiger charge is -2.33. The highest BCUT2D eigenvalue weighted by Gasteiger charge is 2.22. The standard InChI is InChI=1S/C16H23NO2S/c1-12-3-6-14(7-4-12)17(2)11-15-13(9-10-20-15)5-8-16(18)19/h5,8-10,12,14H,3-4,6-7,11H2,1-2H3,(H,18,19). The zero-order valence-corrected chi connectivity index (χ0v) is 13.0. The van der Waals surface area contributed by atoms with E-state index in [0.717, 1.165) is 18.0 Å². The molecule has 1 aromatic rings. The SMILES string of the molecule is CC1CCC(N(C)Cc2sccc2C=CC(=O)O)CC1. The molecule has 0 atom stereocenters. The maximum Gasteiger partial charge on any atom is 0.328 e. The predicted octanol–water partition coefficient (Wildman–Crippen LogP) is 3.86. The molecule has 0 spiro atoms. The number of aliphatic carboxylic acids is 1. The fourth-order valence-corrected chi connectivity index (χ4v) is 3.76. The van der Waals surface area contributed by atoms with Crippen LogP contribution in [0.2, 0.25) is 0 Å². The average molecular weight is 293 g/mol. The van der Waals surface area contributed by atoms with E-state index >= 15 is 0 Å². The molecule has 110 valence electrons. The van der Waals surface area contributed by atoms with E-state index in [0.29, 0.717) is 6.04 Å². The molecule has 1 aliphatic carbocycles. The molecule has 0 aliphatic heterocycles. The minimum atomic E-state index is -0.892. The van der Waals surface area contributed by atoms with Crippen LogP contribution in [0.5, 0.6) is 0 Å². The van der Waals surface area contributed by atoms with Gasteiger partial charge in [0.15, 0.2) is 0 Å². The normalized spacial score (nSPS) is 23.6. The van der Waals surface area contributed by atoms with Crippen molar-refractivity contribution < 1.29 is 9.90 Å². The molecule has 1 aliphatic rings. The summed E-state index contributed by atoms with van der Waals surface area (Å²) in [6.45, 7) is 3.25. The van der Waals surface area contributed by atoms with Crippen LogP contribution in [0.4, 0.5) is 0 Å². The predicted molar refractivity (Wildman–Crippen MR) is 83.9 cm³/mol. The molecule has 0 radical (unpaired) electrons. The van der Waals surface area contributed by atoms with E-state index in [1.807, 2.05) is 11.4 Å². The molecular weight excluding hydrogens is 270 g/mol. The second-order valence-electron chi connectivity index (χ2n) is 5.80. The summed E-state index contributed by atoms with van der Waals surface area (Å²) in [7, 11) is 2.19. The van der Waals surface area contributed by atoms with Gasteiger partial charge >= 0.3 is 5.97 Å². The highest BCUT2D eigenvalue weighted by atomic mass is 32.1. The number of hydrogen-bond donors (Lipinski definition) is 1. The molecule has 0 aromatic carbocycles. The summed E-state index contributed by atoms with van der Waals surface area (Å²) in [5.41, 5.74) is 1.04. The number of rotatable bonds is 5. The van der Waals surface area contributed by atoms with Gasteiger partial charge in [-0.2, -0.15) is 0 Å². The van der Waals surface area contributed by atoms with Crippen LogP contribution in [0.15, 0.2) is 17.5 Å². The van der Waals surface area contributed by atoms with Crippen LogP contribution in [-0.2, 0) is 11.3 Å². The molecule has 0 unspecified atom stereocenters. The first-order valence-corrected chi connectivity index (χ1v) is 8.12. The molecule has 0 bridgehead atoms. The Morgan fingerprint density at radius 2 is 2.15 bits per heavy atom. The van der Waals surface area contributed by atoms with Crippen molar-refractivity contribution in [1.82, 2.24) is 4.90 Å². The number of carboxylic acids is 1. The second kappa shape index (κ2) is 7.04. The third kappa shape index (κ3) is 4.18. The Bertz CT molecular complexity index is 473. The van der Waals surface area contributed by atoms with E-state index in [4.69, 9.17) is 5.11 Å². The Morgan fingerprint density at radius 3 is 2.80 bits per heavy atom. The summed E-state index contributed by atoms with van der Waals surface area (Å²) in [6.07, 6.45) is 8.13. The Morgan fingerprint density at radius 1 is 1.45 bits per heavy atom. The minimum Gasteiger partial charge on any atom is -0.478 e. The average Bonchev–Trinajstić information content (AvgIpc) is 2.84. The van der Waals surface area contributed by atoms with Gasteiger partial charge in [0.05, 0.1) is 0 Å². The molecule has 1 heterocycles. The lowest BCUT2D eigenvalue weighted by Crippen LogP contribution is -2.34. The zero-order chi connectivity index (χ0) is 14.5. The molecule has 4 heteroatoms. The second-order valence-corrected chi connectivity index (χ2v) is 6.80. The summed E-state index contributed by atoms with van der Waals surface area (Å²) in [5.74, 6) is -0.0211. The number of carboxylic acid groups (broad SMARTS) is 1. The van der Waals surface area contributed by atoms with E-state index in [9.17, 15) is 4.79 Å². The van der Waals surface area contributed by atoms with Gasteiger partial charge in [0.1, 0.15) is 0 Å². The van der Waals surface area contributed by atoms with Crippen molar-refractivity contribution in [3.8, 4) is 0 Å². The van der Waals surface area contributed by atoms with Crippen LogP contribution in [0.3, 0.4) is 0 Å². The van der Waals surface area contributed by atoms with Crippen LogP contribution in [0.25, 0.3) is 6.08 Å². The quantitative estimate of drug-likeness (QED) is 0.838. The van der Waals surface area contributed by atoms with Crippen molar-refractivity contribution in [2.75, 3.05) is 7.05 Å². The van der Waals surface area contributed by atoms with E-state index < -0.39 is 5.97 Å². The smallest absolute Gasteiger partial charge is 0.328 e. The number of thiophene rings is 1. The first-order chi connectivity index (χ1) is 9.56. The summed E-state index contributed by atoms with van der Waals surface area (Å²) in [4.78, 5) is 14.3. The van der Waals surface area contributed by atoms with Gasteiger partial charge < -0.3 is 5.11 Å². The Kier molecular flexibility index (Phi) is 5.38. The lowest BCUT2D eigenvalue weighted by atomic mass is 9.87. The first kappa shape index (κ1) is 15.3. The topological polar surface area (TPSA) is 40.5 Å². The van der Waals surface area contributed by atoms with Crippen LogP contribution in [-0.4, -0.2) is 29.1 Å². The Balaban J connectivity index is 1.96. The molecule has 1 fully saturated rings. The van der Waals surface area contributed by atoms with Crippen LogP contribution in [0, 0.1) is 5.92 Å². The van der Waals surface area contributed by atoms with Crippen LogP contribution in [0.1, 0.15) is 43.0 Å². The minimum absolute atomic E-state index is 0.671. The monoisotopic (exact) mass is 293 g/mol.